The Bertz CT molecular complexity index is 691. The summed E-state index contributed by atoms with van der Waals surface area (Å²) in [5.41, 5.74) is 2.16. The van der Waals surface area contributed by atoms with E-state index in [4.69, 9.17) is 4.42 Å². The fraction of sp³-hybridized carbons (Fsp3) is 0.316. The summed E-state index contributed by atoms with van der Waals surface area (Å²) in [4.78, 5) is 16.7. The number of anilines is 1. The first-order valence-corrected chi connectivity index (χ1v) is 7.95. The molecule has 120 valence electrons. The van der Waals surface area contributed by atoms with Crippen molar-refractivity contribution in [2.75, 3.05) is 24.5 Å². The molecule has 0 aliphatic carbocycles. The van der Waals surface area contributed by atoms with E-state index in [-0.39, 0.29) is 11.9 Å². The monoisotopic (exact) mass is 310 g/mol. The third-order valence-electron chi connectivity index (χ3n) is 4.15. The molecule has 2 aromatic rings. The standard InChI is InChI=1S/C19H22N2O2/c1-15-7-3-4-10-18(15)21-16(2)13-20(14-19(21)22)11-5-8-17-9-6-12-23-17/h3-10,12,16H,11,13-14H2,1-2H3/b8-5+. The van der Waals surface area contributed by atoms with E-state index < -0.39 is 0 Å². The Morgan fingerprint density at radius 2 is 2.09 bits per heavy atom. The number of hydrogen-bond donors (Lipinski definition) is 0. The van der Waals surface area contributed by atoms with E-state index in [2.05, 4.69) is 11.8 Å². The summed E-state index contributed by atoms with van der Waals surface area (Å²) in [6.45, 7) is 6.21. The van der Waals surface area contributed by atoms with Gasteiger partial charge in [0.15, 0.2) is 0 Å². The first-order chi connectivity index (χ1) is 11.1. The number of piperazine rings is 1. The van der Waals surface area contributed by atoms with E-state index in [1.165, 1.54) is 0 Å². The molecular formula is C19H22N2O2. The molecule has 1 unspecified atom stereocenters. The average molecular weight is 310 g/mol. The fourth-order valence-electron chi connectivity index (χ4n) is 3.08. The van der Waals surface area contributed by atoms with Gasteiger partial charge in [-0.15, -0.1) is 0 Å². The van der Waals surface area contributed by atoms with E-state index in [1.807, 2.05) is 60.4 Å². The molecule has 1 aliphatic rings. The van der Waals surface area contributed by atoms with E-state index in [0.29, 0.717) is 6.54 Å². The Morgan fingerprint density at radius 3 is 2.78 bits per heavy atom. The van der Waals surface area contributed by atoms with Gasteiger partial charge in [0.1, 0.15) is 5.76 Å². The highest BCUT2D eigenvalue weighted by Crippen LogP contribution is 2.24. The van der Waals surface area contributed by atoms with Gasteiger partial charge in [0.2, 0.25) is 5.91 Å². The summed E-state index contributed by atoms with van der Waals surface area (Å²) in [5.74, 6) is 0.993. The van der Waals surface area contributed by atoms with E-state index in [9.17, 15) is 4.79 Å². The van der Waals surface area contributed by atoms with Gasteiger partial charge in [0, 0.05) is 24.8 Å². The summed E-state index contributed by atoms with van der Waals surface area (Å²) in [5, 5.41) is 0. The average Bonchev–Trinajstić information content (AvgIpc) is 3.02. The van der Waals surface area contributed by atoms with Gasteiger partial charge >= 0.3 is 0 Å². The van der Waals surface area contributed by atoms with Crippen LogP contribution in [0.15, 0.2) is 53.2 Å². The molecule has 1 saturated heterocycles. The molecule has 0 spiro atoms. The number of aryl methyl sites for hydroxylation is 1. The van der Waals surface area contributed by atoms with Gasteiger partial charge in [-0.3, -0.25) is 9.69 Å². The second-order valence-electron chi connectivity index (χ2n) is 6.01. The van der Waals surface area contributed by atoms with Crippen LogP contribution < -0.4 is 4.90 Å². The zero-order valence-electron chi connectivity index (χ0n) is 13.6. The van der Waals surface area contributed by atoms with Gasteiger partial charge in [-0.25, -0.2) is 0 Å². The van der Waals surface area contributed by atoms with E-state index >= 15 is 0 Å². The zero-order chi connectivity index (χ0) is 16.2. The number of carbonyl (C=O) groups is 1. The van der Waals surface area contributed by atoms with Gasteiger partial charge < -0.3 is 9.32 Å². The molecule has 1 aliphatic heterocycles. The van der Waals surface area contributed by atoms with Crippen LogP contribution in [0.4, 0.5) is 5.69 Å². The van der Waals surface area contributed by atoms with Crippen LogP contribution in [0.5, 0.6) is 0 Å². The normalized spacial score (nSPS) is 19.7. The van der Waals surface area contributed by atoms with Crippen LogP contribution in [0.1, 0.15) is 18.2 Å². The Hall–Kier alpha value is -2.33. The van der Waals surface area contributed by atoms with Crippen molar-refractivity contribution in [3.8, 4) is 0 Å². The van der Waals surface area contributed by atoms with Crippen molar-refractivity contribution < 1.29 is 9.21 Å². The summed E-state index contributed by atoms with van der Waals surface area (Å²) in [6.07, 6.45) is 5.65. The molecule has 3 rings (SSSR count). The van der Waals surface area contributed by atoms with Crippen LogP contribution in [0.2, 0.25) is 0 Å². The molecule has 1 fully saturated rings. The number of furan rings is 1. The van der Waals surface area contributed by atoms with Crippen LogP contribution in [0, 0.1) is 6.92 Å². The molecule has 0 radical (unpaired) electrons. The molecule has 2 heterocycles. The van der Waals surface area contributed by atoms with Crippen molar-refractivity contribution >= 4 is 17.7 Å². The smallest absolute Gasteiger partial charge is 0.241 e. The van der Waals surface area contributed by atoms with Crippen LogP contribution in [-0.4, -0.2) is 36.5 Å². The number of carbonyl (C=O) groups excluding carboxylic acids is 1. The molecule has 1 amide bonds. The highest BCUT2D eigenvalue weighted by molar-refractivity contribution is 5.96. The molecule has 4 heteroatoms. The molecule has 0 N–H and O–H groups in total. The highest BCUT2D eigenvalue weighted by atomic mass is 16.3. The molecule has 0 saturated carbocycles. The maximum absolute atomic E-state index is 12.6. The SMILES string of the molecule is Cc1ccccc1N1C(=O)CN(C/C=C/c2ccco2)CC1C. The van der Waals surface area contributed by atoms with Gasteiger partial charge in [-0.2, -0.15) is 0 Å². The highest BCUT2D eigenvalue weighted by Gasteiger charge is 2.30. The number of nitrogens with zero attached hydrogens (tertiary/aromatic N) is 2. The van der Waals surface area contributed by atoms with Crippen molar-refractivity contribution in [1.29, 1.82) is 0 Å². The predicted molar refractivity (Wildman–Crippen MR) is 92.3 cm³/mol. The van der Waals surface area contributed by atoms with Crippen LogP contribution in [-0.2, 0) is 4.79 Å². The lowest BCUT2D eigenvalue weighted by Gasteiger charge is -2.39. The number of rotatable bonds is 4. The molecule has 1 atom stereocenters. The number of amides is 1. The van der Waals surface area contributed by atoms with E-state index in [1.54, 1.807) is 6.26 Å². The van der Waals surface area contributed by atoms with Gasteiger partial charge in [0.25, 0.3) is 0 Å². The first kappa shape index (κ1) is 15.6. The molecule has 4 nitrogen and oxygen atoms in total. The zero-order valence-corrected chi connectivity index (χ0v) is 13.6. The summed E-state index contributed by atoms with van der Waals surface area (Å²) >= 11 is 0. The van der Waals surface area contributed by atoms with Crippen molar-refractivity contribution in [2.45, 2.75) is 19.9 Å². The summed E-state index contributed by atoms with van der Waals surface area (Å²) < 4.78 is 5.27. The Kier molecular flexibility index (Phi) is 4.63. The van der Waals surface area contributed by atoms with E-state index in [0.717, 1.165) is 30.1 Å². The summed E-state index contributed by atoms with van der Waals surface area (Å²) in [7, 11) is 0. The lowest BCUT2D eigenvalue weighted by molar-refractivity contribution is -0.121. The largest absolute Gasteiger partial charge is 0.465 e. The van der Waals surface area contributed by atoms with Gasteiger partial charge in [-0.1, -0.05) is 24.3 Å². The minimum absolute atomic E-state index is 0.157. The lowest BCUT2D eigenvalue weighted by Crippen LogP contribution is -2.55. The van der Waals surface area contributed by atoms with Crippen LogP contribution in [0.25, 0.3) is 6.08 Å². The quantitative estimate of drug-likeness (QED) is 0.869. The fourth-order valence-corrected chi connectivity index (χ4v) is 3.08. The van der Waals surface area contributed by atoms with Crippen molar-refractivity contribution in [3.05, 3.63) is 60.1 Å². The molecule has 23 heavy (non-hydrogen) atoms. The molecular weight excluding hydrogens is 288 g/mol. The number of benzene rings is 1. The molecule has 0 bridgehead atoms. The number of hydrogen-bond acceptors (Lipinski definition) is 3. The Labute approximate surface area is 137 Å². The maximum atomic E-state index is 12.6. The topological polar surface area (TPSA) is 36.7 Å². The van der Waals surface area contributed by atoms with Gasteiger partial charge in [0.05, 0.1) is 12.8 Å². The van der Waals surface area contributed by atoms with Crippen LogP contribution in [0.3, 0.4) is 0 Å². The Morgan fingerprint density at radius 1 is 1.26 bits per heavy atom. The third-order valence-corrected chi connectivity index (χ3v) is 4.15. The second kappa shape index (κ2) is 6.84. The Balaban J connectivity index is 1.65. The van der Waals surface area contributed by atoms with Crippen molar-refractivity contribution in [3.63, 3.8) is 0 Å². The second-order valence-corrected chi connectivity index (χ2v) is 6.01. The van der Waals surface area contributed by atoms with Crippen molar-refractivity contribution in [2.24, 2.45) is 0 Å². The minimum Gasteiger partial charge on any atom is -0.465 e. The first-order valence-electron chi connectivity index (χ1n) is 7.95. The predicted octanol–water partition coefficient (Wildman–Crippen LogP) is 3.34. The molecule has 1 aromatic carbocycles. The van der Waals surface area contributed by atoms with Crippen LogP contribution >= 0.6 is 0 Å². The van der Waals surface area contributed by atoms with Gasteiger partial charge in [-0.05, 0) is 43.7 Å². The minimum atomic E-state index is 0.157. The van der Waals surface area contributed by atoms with Crippen molar-refractivity contribution in [1.82, 2.24) is 4.90 Å². The number of para-hydroxylation sites is 1. The third kappa shape index (κ3) is 3.54. The molecule has 1 aromatic heterocycles. The summed E-state index contributed by atoms with van der Waals surface area (Å²) in [6, 6.07) is 12.0. The lowest BCUT2D eigenvalue weighted by atomic mass is 10.1. The maximum Gasteiger partial charge on any atom is 0.241 e.